The minimum absolute atomic E-state index is 0.0933. The standard InChI is InChI=1S/C13H18N2O/c1-9(2)6-7-15-13(16)11-5-4-10(3)12(14)8-11/h4-6,8H,7,14H2,1-3H3,(H,15,16). The van der Waals surface area contributed by atoms with Crippen molar-refractivity contribution in [3.8, 4) is 0 Å². The molecule has 86 valence electrons. The number of nitrogens with two attached hydrogens (primary N) is 1. The van der Waals surface area contributed by atoms with Crippen LogP contribution in [0.15, 0.2) is 29.8 Å². The summed E-state index contributed by atoms with van der Waals surface area (Å²) in [4.78, 5) is 11.7. The van der Waals surface area contributed by atoms with Gasteiger partial charge in [0, 0.05) is 17.8 Å². The summed E-state index contributed by atoms with van der Waals surface area (Å²) in [6.07, 6.45) is 1.97. The van der Waals surface area contributed by atoms with Crippen molar-refractivity contribution in [2.45, 2.75) is 20.8 Å². The number of carbonyl (C=O) groups excluding carboxylic acids is 1. The predicted molar refractivity (Wildman–Crippen MR) is 67.4 cm³/mol. The van der Waals surface area contributed by atoms with Crippen molar-refractivity contribution in [2.24, 2.45) is 0 Å². The Morgan fingerprint density at radius 1 is 1.44 bits per heavy atom. The second kappa shape index (κ2) is 5.35. The zero-order valence-corrected chi connectivity index (χ0v) is 10.0. The maximum Gasteiger partial charge on any atom is 0.251 e. The molecule has 0 aliphatic heterocycles. The van der Waals surface area contributed by atoms with Crippen LogP contribution in [0.25, 0.3) is 0 Å². The van der Waals surface area contributed by atoms with Crippen LogP contribution in [0.3, 0.4) is 0 Å². The van der Waals surface area contributed by atoms with Gasteiger partial charge in [0.2, 0.25) is 0 Å². The van der Waals surface area contributed by atoms with Crippen molar-refractivity contribution >= 4 is 11.6 Å². The average molecular weight is 218 g/mol. The molecule has 3 heteroatoms. The highest BCUT2D eigenvalue weighted by molar-refractivity contribution is 5.95. The molecule has 3 nitrogen and oxygen atoms in total. The van der Waals surface area contributed by atoms with Crippen LogP contribution < -0.4 is 11.1 Å². The Hall–Kier alpha value is -1.77. The normalized spacial score (nSPS) is 9.69. The number of rotatable bonds is 3. The van der Waals surface area contributed by atoms with Crippen LogP contribution in [-0.2, 0) is 0 Å². The number of allylic oxidation sites excluding steroid dienone is 1. The summed E-state index contributed by atoms with van der Waals surface area (Å²) >= 11 is 0. The summed E-state index contributed by atoms with van der Waals surface area (Å²) in [5, 5.41) is 2.81. The lowest BCUT2D eigenvalue weighted by molar-refractivity contribution is 0.0958. The SMILES string of the molecule is CC(C)=CCNC(=O)c1ccc(C)c(N)c1. The minimum Gasteiger partial charge on any atom is -0.398 e. The van der Waals surface area contributed by atoms with Crippen molar-refractivity contribution in [1.29, 1.82) is 0 Å². The number of amides is 1. The fourth-order valence-electron chi connectivity index (χ4n) is 1.23. The van der Waals surface area contributed by atoms with Gasteiger partial charge in [-0.05, 0) is 38.5 Å². The summed E-state index contributed by atoms with van der Waals surface area (Å²) in [6, 6.07) is 5.34. The number of benzene rings is 1. The lowest BCUT2D eigenvalue weighted by Gasteiger charge is -2.05. The molecule has 1 rings (SSSR count). The minimum atomic E-state index is -0.0933. The summed E-state index contributed by atoms with van der Waals surface area (Å²) < 4.78 is 0. The Balaban J connectivity index is 2.66. The first kappa shape index (κ1) is 12.3. The zero-order valence-electron chi connectivity index (χ0n) is 10.0. The van der Waals surface area contributed by atoms with Crippen molar-refractivity contribution in [2.75, 3.05) is 12.3 Å². The van der Waals surface area contributed by atoms with E-state index in [0.717, 1.165) is 5.56 Å². The largest absolute Gasteiger partial charge is 0.398 e. The van der Waals surface area contributed by atoms with Gasteiger partial charge >= 0.3 is 0 Å². The van der Waals surface area contributed by atoms with Crippen LogP contribution in [0.5, 0.6) is 0 Å². The lowest BCUT2D eigenvalue weighted by atomic mass is 10.1. The van der Waals surface area contributed by atoms with Crippen molar-refractivity contribution in [1.82, 2.24) is 5.32 Å². The Morgan fingerprint density at radius 3 is 2.69 bits per heavy atom. The topological polar surface area (TPSA) is 55.1 Å². The molecule has 0 aliphatic carbocycles. The number of carbonyl (C=O) groups is 1. The van der Waals surface area contributed by atoms with Gasteiger partial charge in [0.25, 0.3) is 5.91 Å². The molecule has 0 bridgehead atoms. The van der Waals surface area contributed by atoms with Crippen LogP contribution in [-0.4, -0.2) is 12.5 Å². The molecule has 0 fully saturated rings. The highest BCUT2D eigenvalue weighted by atomic mass is 16.1. The van der Waals surface area contributed by atoms with Gasteiger partial charge in [-0.3, -0.25) is 4.79 Å². The molecule has 0 saturated heterocycles. The van der Waals surface area contributed by atoms with Crippen LogP contribution in [0.1, 0.15) is 29.8 Å². The number of hydrogen-bond acceptors (Lipinski definition) is 2. The number of aryl methyl sites for hydroxylation is 1. The van der Waals surface area contributed by atoms with E-state index >= 15 is 0 Å². The third-order valence-corrected chi connectivity index (χ3v) is 2.31. The zero-order chi connectivity index (χ0) is 12.1. The van der Waals surface area contributed by atoms with E-state index in [2.05, 4.69) is 5.32 Å². The summed E-state index contributed by atoms with van der Waals surface area (Å²) in [6.45, 7) is 6.46. The van der Waals surface area contributed by atoms with Gasteiger partial charge < -0.3 is 11.1 Å². The first-order valence-corrected chi connectivity index (χ1v) is 5.28. The van der Waals surface area contributed by atoms with E-state index in [1.165, 1.54) is 5.57 Å². The number of hydrogen-bond donors (Lipinski definition) is 2. The van der Waals surface area contributed by atoms with E-state index in [-0.39, 0.29) is 5.91 Å². The summed E-state index contributed by atoms with van der Waals surface area (Å²) in [5.74, 6) is -0.0933. The Labute approximate surface area is 96.3 Å². The maximum absolute atomic E-state index is 11.7. The van der Waals surface area contributed by atoms with Gasteiger partial charge in [-0.15, -0.1) is 0 Å². The van der Waals surface area contributed by atoms with Gasteiger partial charge in [-0.25, -0.2) is 0 Å². The van der Waals surface area contributed by atoms with E-state index in [4.69, 9.17) is 5.73 Å². The van der Waals surface area contributed by atoms with E-state index in [1.54, 1.807) is 12.1 Å². The molecule has 1 aromatic rings. The molecule has 0 radical (unpaired) electrons. The fraction of sp³-hybridized carbons (Fsp3) is 0.308. The first-order chi connectivity index (χ1) is 7.50. The van der Waals surface area contributed by atoms with Crippen LogP contribution in [0.2, 0.25) is 0 Å². The summed E-state index contributed by atoms with van der Waals surface area (Å²) in [7, 11) is 0. The first-order valence-electron chi connectivity index (χ1n) is 5.28. The van der Waals surface area contributed by atoms with E-state index in [9.17, 15) is 4.79 Å². The van der Waals surface area contributed by atoms with Crippen molar-refractivity contribution in [3.63, 3.8) is 0 Å². The highest BCUT2D eigenvalue weighted by Crippen LogP contribution is 2.12. The van der Waals surface area contributed by atoms with Gasteiger partial charge in [-0.2, -0.15) is 0 Å². The van der Waals surface area contributed by atoms with Gasteiger partial charge in [0.05, 0.1) is 0 Å². The van der Waals surface area contributed by atoms with E-state index in [1.807, 2.05) is 32.9 Å². The summed E-state index contributed by atoms with van der Waals surface area (Å²) in [5.41, 5.74) is 9.16. The number of nitrogens with one attached hydrogen (secondary N) is 1. The second-order valence-electron chi connectivity index (χ2n) is 4.06. The molecule has 0 aliphatic rings. The molecule has 0 aromatic heterocycles. The van der Waals surface area contributed by atoms with Crippen LogP contribution in [0.4, 0.5) is 5.69 Å². The predicted octanol–water partition coefficient (Wildman–Crippen LogP) is 2.27. The van der Waals surface area contributed by atoms with Crippen molar-refractivity contribution in [3.05, 3.63) is 41.0 Å². The molecule has 0 saturated carbocycles. The maximum atomic E-state index is 11.7. The Bertz CT molecular complexity index is 418. The highest BCUT2D eigenvalue weighted by Gasteiger charge is 2.05. The van der Waals surface area contributed by atoms with Gasteiger partial charge in [0.15, 0.2) is 0 Å². The van der Waals surface area contributed by atoms with Gasteiger partial charge in [-0.1, -0.05) is 17.7 Å². The number of anilines is 1. The quantitative estimate of drug-likeness (QED) is 0.604. The van der Waals surface area contributed by atoms with E-state index < -0.39 is 0 Å². The molecular formula is C13H18N2O. The molecule has 0 atom stereocenters. The molecule has 16 heavy (non-hydrogen) atoms. The lowest BCUT2D eigenvalue weighted by Crippen LogP contribution is -2.23. The molecule has 0 spiro atoms. The Kier molecular flexibility index (Phi) is 4.11. The fourth-order valence-corrected chi connectivity index (χ4v) is 1.23. The Morgan fingerprint density at radius 2 is 2.12 bits per heavy atom. The monoisotopic (exact) mass is 218 g/mol. The molecule has 0 heterocycles. The molecule has 3 N–H and O–H groups in total. The number of nitrogen functional groups attached to an aromatic ring is 1. The smallest absolute Gasteiger partial charge is 0.251 e. The third-order valence-electron chi connectivity index (χ3n) is 2.31. The van der Waals surface area contributed by atoms with Crippen molar-refractivity contribution < 1.29 is 4.79 Å². The third kappa shape index (κ3) is 3.42. The molecular weight excluding hydrogens is 200 g/mol. The average Bonchev–Trinajstić information content (AvgIpc) is 2.21. The molecule has 1 amide bonds. The van der Waals surface area contributed by atoms with Crippen LogP contribution in [0, 0.1) is 6.92 Å². The van der Waals surface area contributed by atoms with Gasteiger partial charge in [0.1, 0.15) is 0 Å². The van der Waals surface area contributed by atoms with E-state index in [0.29, 0.717) is 17.8 Å². The molecule has 1 aromatic carbocycles. The van der Waals surface area contributed by atoms with Crippen LogP contribution >= 0.6 is 0 Å². The second-order valence-corrected chi connectivity index (χ2v) is 4.06. The molecule has 0 unspecified atom stereocenters.